The van der Waals surface area contributed by atoms with E-state index in [9.17, 15) is 19.8 Å². The monoisotopic (exact) mass is 585 g/mol. The lowest BCUT2D eigenvalue weighted by Crippen LogP contribution is -2.31. The van der Waals surface area contributed by atoms with Crippen molar-refractivity contribution in [1.82, 2.24) is 10.3 Å². The molecule has 0 spiro atoms. The van der Waals surface area contributed by atoms with Gasteiger partial charge in [-0.1, -0.05) is 66.7 Å². The van der Waals surface area contributed by atoms with Crippen LogP contribution in [0.25, 0.3) is 0 Å². The third-order valence-electron chi connectivity index (χ3n) is 6.74. The van der Waals surface area contributed by atoms with Gasteiger partial charge in [-0.05, 0) is 41.0 Å². The molecule has 10 heteroatoms. The van der Waals surface area contributed by atoms with Crippen molar-refractivity contribution in [2.45, 2.75) is 43.1 Å². The second kappa shape index (κ2) is 14.1. The molecule has 3 unspecified atom stereocenters. The van der Waals surface area contributed by atoms with Gasteiger partial charge in [0, 0.05) is 36.2 Å². The number of nitrogens with one attached hydrogen (secondary N) is 2. The first-order valence-electron chi connectivity index (χ1n) is 13.5. The molecule has 1 aliphatic rings. The maximum atomic E-state index is 12.6. The molecule has 42 heavy (non-hydrogen) atoms. The Bertz CT molecular complexity index is 1500. The van der Waals surface area contributed by atoms with Gasteiger partial charge in [0.25, 0.3) is 0 Å². The van der Waals surface area contributed by atoms with Crippen molar-refractivity contribution < 1.29 is 29.3 Å². The number of thioether (sulfide) groups is 1. The number of benzene rings is 3. The summed E-state index contributed by atoms with van der Waals surface area (Å²) >= 11 is 1.33. The topological polar surface area (TPSA) is 130 Å². The van der Waals surface area contributed by atoms with Crippen LogP contribution in [-0.4, -0.2) is 39.1 Å². The number of carbonyl (C=O) groups excluding carboxylic acids is 1. The highest BCUT2D eigenvalue weighted by molar-refractivity contribution is 7.99. The zero-order valence-corrected chi connectivity index (χ0v) is 23.5. The van der Waals surface area contributed by atoms with Crippen molar-refractivity contribution in [3.63, 3.8) is 0 Å². The van der Waals surface area contributed by atoms with E-state index in [4.69, 9.17) is 9.47 Å². The Balaban J connectivity index is 1.31. The number of amides is 2. The Labute approximate surface area is 247 Å². The van der Waals surface area contributed by atoms with Crippen LogP contribution in [0, 0.1) is 0 Å². The van der Waals surface area contributed by atoms with Crippen molar-refractivity contribution in [1.29, 1.82) is 0 Å². The molecular formula is C32H31N3O6S. The van der Waals surface area contributed by atoms with Gasteiger partial charge in [0.05, 0.1) is 24.4 Å². The first kappa shape index (κ1) is 29.3. The van der Waals surface area contributed by atoms with E-state index in [2.05, 4.69) is 15.6 Å². The number of pyridine rings is 1. The van der Waals surface area contributed by atoms with Crippen LogP contribution >= 0.6 is 11.8 Å². The van der Waals surface area contributed by atoms with Crippen molar-refractivity contribution in [2.75, 3.05) is 11.1 Å². The van der Waals surface area contributed by atoms with E-state index in [1.807, 2.05) is 72.8 Å². The number of aromatic nitrogens is 1. The average molecular weight is 586 g/mol. The van der Waals surface area contributed by atoms with Gasteiger partial charge in [-0.2, -0.15) is 0 Å². The average Bonchev–Trinajstić information content (AvgIpc) is 3.03. The fourth-order valence-electron chi connectivity index (χ4n) is 4.58. The molecule has 1 aliphatic heterocycles. The van der Waals surface area contributed by atoms with Crippen LogP contribution in [-0.2, 0) is 22.6 Å². The van der Waals surface area contributed by atoms with E-state index in [1.54, 1.807) is 18.3 Å². The minimum atomic E-state index is -1.03. The van der Waals surface area contributed by atoms with Crippen molar-refractivity contribution in [3.8, 4) is 0 Å². The molecule has 216 valence electrons. The number of aromatic carboxylic acids is 1. The lowest BCUT2D eigenvalue weighted by molar-refractivity contribution is -0.245. The first-order chi connectivity index (χ1) is 20.5. The molecule has 2 heterocycles. The number of aliphatic hydroxyl groups excluding tert-OH is 1. The highest BCUT2D eigenvalue weighted by Crippen LogP contribution is 2.40. The summed E-state index contributed by atoms with van der Waals surface area (Å²) in [6, 6.07) is 27.3. The lowest BCUT2D eigenvalue weighted by atomic mass is 10.0. The molecule has 4 aromatic rings. The SMILES string of the molecule is O=C(NCc1ccccc1)Nc1cccc(C2OC(CSc3ncccc3C(=O)O)CC(c3ccc(CO)cc3)O2)c1. The van der Waals surface area contributed by atoms with Crippen LogP contribution in [0.4, 0.5) is 10.5 Å². The van der Waals surface area contributed by atoms with E-state index >= 15 is 0 Å². The fourth-order valence-corrected chi connectivity index (χ4v) is 5.58. The molecule has 5 rings (SSSR count). The first-order valence-corrected chi connectivity index (χ1v) is 14.5. The van der Waals surface area contributed by atoms with Crippen molar-refractivity contribution in [3.05, 3.63) is 125 Å². The molecule has 4 N–H and O–H groups in total. The number of hydrogen-bond donors (Lipinski definition) is 4. The van der Waals surface area contributed by atoms with Crippen molar-refractivity contribution in [2.24, 2.45) is 0 Å². The highest BCUT2D eigenvalue weighted by Gasteiger charge is 2.32. The maximum Gasteiger partial charge on any atom is 0.338 e. The van der Waals surface area contributed by atoms with E-state index in [-0.39, 0.29) is 30.4 Å². The minimum Gasteiger partial charge on any atom is -0.478 e. The molecule has 9 nitrogen and oxygen atoms in total. The molecule has 1 aromatic heterocycles. The zero-order chi connectivity index (χ0) is 29.3. The number of carboxylic acids is 1. The number of carbonyl (C=O) groups is 2. The van der Waals surface area contributed by atoms with Gasteiger partial charge in [0.1, 0.15) is 5.03 Å². The van der Waals surface area contributed by atoms with Crippen LogP contribution < -0.4 is 10.6 Å². The molecule has 3 atom stereocenters. The standard InChI is InChI=1S/C32H31N3O6S/c36-19-22-11-13-23(14-12-22)28-17-26(20-42-29-27(30(37)38)10-5-15-33-29)40-31(41-28)24-8-4-9-25(16-24)35-32(39)34-18-21-6-2-1-3-7-21/h1-16,26,28,31,36H,17-20H2,(H,37,38)(H2,34,35,39). The van der Waals surface area contributed by atoms with Gasteiger partial charge >= 0.3 is 12.0 Å². The van der Waals surface area contributed by atoms with Crippen LogP contribution in [0.15, 0.2) is 102 Å². The zero-order valence-electron chi connectivity index (χ0n) is 22.7. The summed E-state index contributed by atoms with van der Waals surface area (Å²) in [5, 5.41) is 25.2. The van der Waals surface area contributed by atoms with Crippen LogP contribution in [0.3, 0.4) is 0 Å². The highest BCUT2D eigenvalue weighted by atomic mass is 32.2. The molecule has 0 saturated carbocycles. The van der Waals surface area contributed by atoms with Crippen molar-refractivity contribution >= 4 is 29.4 Å². The quantitative estimate of drug-likeness (QED) is 0.169. The maximum absolute atomic E-state index is 12.6. The number of hydrogen-bond acceptors (Lipinski definition) is 7. The Kier molecular flexibility index (Phi) is 9.83. The summed E-state index contributed by atoms with van der Waals surface area (Å²) in [6.07, 6.45) is 0.782. The molecule has 1 saturated heterocycles. The third-order valence-corrected chi connectivity index (χ3v) is 7.87. The Hall–Kier alpha value is -4.22. The van der Waals surface area contributed by atoms with Crippen LogP contribution in [0.2, 0.25) is 0 Å². The predicted octanol–water partition coefficient (Wildman–Crippen LogP) is 5.93. The Morgan fingerprint density at radius 3 is 2.48 bits per heavy atom. The number of ether oxygens (including phenoxy) is 2. The normalized spacial score (nSPS) is 18.3. The molecular weight excluding hydrogens is 554 g/mol. The number of nitrogens with zero attached hydrogens (tertiary/aromatic N) is 1. The van der Waals surface area contributed by atoms with E-state index in [1.165, 1.54) is 17.8 Å². The summed E-state index contributed by atoms with van der Waals surface area (Å²) in [7, 11) is 0. The van der Waals surface area contributed by atoms with Gasteiger partial charge in [-0.25, -0.2) is 14.6 Å². The summed E-state index contributed by atoms with van der Waals surface area (Å²) in [5.41, 5.74) is 4.20. The lowest BCUT2D eigenvalue weighted by Gasteiger charge is -2.36. The van der Waals surface area contributed by atoms with E-state index < -0.39 is 12.3 Å². The molecule has 0 radical (unpaired) electrons. The second-order valence-electron chi connectivity index (χ2n) is 9.74. The molecule has 0 aliphatic carbocycles. The summed E-state index contributed by atoms with van der Waals surface area (Å²) in [6.45, 7) is 0.350. The van der Waals surface area contributed by atoms with Crippen LogP contribution in [0.5, 0.6) is 0 Å². The number of rotatable bonds is 10. The molecule has 2 amide bonds. The summed E-state index contributed by atoms with van der Waals surface area (Å²) in [4.78, 5) is 28.5. The smallest absolute Gasteiger partial charge is 0.338 e. The number of aliphatic hydroxyl groups is 1. The summed E-state index contributed by atoms with van der Waals surface area (Å²) < 4.78 is 12.8. The fraction of sp³-hybridized carbons (Fsp3) is 0.219. The number of anilines is 1. The van der Waals surface area contributed by atoms with E-state index in [0.29, 0.717) is 29.4 Å². The third kappa shape index (κ3) is 7.74. The minimum absolute atomic E-state index is 0.0501. The summed E-state index contributed by atoms with van der Waals surface area (Å²) in [5.74, 6) is -0.572. The van der Waals surface area contributed by atoms with E-state index in [0.717, 1.165) is 22.3 Å². The van der Waals surface area contributed by atoms with Gasteiger partial charge in [-0.15, -0.1) is 11.8 Å². The van der Waals surface area contributed by atoms with Gasteiger partial charge in [-0.3, -0.25) is 0 Å². The van der Waals surface area contributed by atoms with Crippen LogP contribution in [0.1, 0.15) is 51.4 Å². The van der Waals surface area contributed by atoms with Gasteiger partial charge < -0.3 is 30.3 Å². The molecule has 0 bridgehead atoms. The van der Waals surface area contributed by atoms with Gasteiger partial charge in [0.15, 0.2) is 6.29 Å². The Morgan fingerprint density at radius 2 is 1.71 bits per heavy atom. The number of carboxylic acid groups (broad SMARTS) is 1. The Morgan fingerprint density at radius 1 is 0.905 bits per heavy atom. The number of urea groups is 1. The second-order valence-corrected chi connectivity index (χ2v) is 10.7. The largest absolute Gasteiger partial charge is 0.478 e. The molecule has 3 aromatic carbocycles. The van der Waals surface area contributed by atoms with Gasteiger partial charge in [0.2, 0.25) is 0 Å². The predicted molar refractivity (Wildman–Crippen MR) is 159 cm³/mol. The molecule has 1 fully saturated rings.